The third kappa shape index (κ3) is 1.79. The van der Waals surface area contributed by atoms with E-state index in [1.54, 1.807) is 0 Å². The first kappa shape index (κ1) is 12.0. The standard InChI is InChI=1S/C18H23N3/c1-2-16(19-4-1)21-17-15(3-5-20-17)18-9-12-6-13(10-18)8-14(7-12)11-18/h1-5,12-14,19-21H,6-11H2. The minimum absolute atomic E-state index is 0.448. The summed E-state index contributed by atoms with van der Waals surface area (Å²) in [6, 6.07) is 6.46. The van der Waals surface area contributed by atoms with Crippen LogP contribution in [0.3, 0.4) is 0 Å². The maximum absolute atomic E-state index is 3.55. The van der Waals surface area contributed by atoms with Gasteiger partial charge in [-0.3, -0.25) is 0 Å². The predicted molar refractivity (Wildman–Crippen MR) is 84.7 cm³/mol. The molecule has 0 saturated heterocycles. The molecule has 110 valence electrons. The van der Waals surface area contributed by atoms with E-state index in [-0.39, 0.29) is 0 Å². The highest BCUT2D eigenvalue weighted by Crippen LogP contribution is 2.61. The molecule has 4 bridgehead atoms. The summed E-state index contributed by atoms with van der Waals surface area (Å²) in [5, 5.41) is 3.55. The lowest BCUT2D eigenvalue weighted by Gasteiger charge is -2.57. The first-order valence-corrected chi connectivity index (χ1v) is 8.39. The van der Waals surface area contributed by atoms with Crippen molar-refractivity contribution in [3.05, 3.63) is 36.2 Å². The minimum Gasteiger partial charge on any atom is -0.348 e. The highest BCUT2D eigenvalue weighted by atomic mass is 15.1. The molecule has 0 atom stereocenters. The summed E-state index contributed by atoms with van der Waals surface area (Å²) < 4.78 is 0. The van der Waals surface area contributed by atoms with Crippen LogP contribution in [0.1, 0.15) is 44.1 Å². The van der Waals surface area contributed by atoms with Crippen LogP contribution >= 0.6 is 0 Å². The molecule has 0 amide bonds. The Hall–Kier alpha value is -1.64. The number of anilines is 2. The molecule has 2 heterocycles. The molecule has 2 aromatic heterocycles. The van der Waals surface area contributed by atoms with Crippen LogP contribution in [-0.2, 0) is 5.41 Å². The summed E-state index contributed by atoms with van der Waals surface area (Å²) in [4.78, 5) is 6.68. The van der Waals surface area contributed by atoms with Gasteiger partial charge in [0.15, 0.2) is 0 Å². The van der Waals surface area contributed by atoms with E-state index in [0.717, 1.165) is 23.6 Å². The van der Waals surface area contributed by atoms with Gasteiger partial charge in [0.1, 0.15) is 11.6 Å². The Kier molecular flexibility index (Phi) is 2.38. The molecule has 4 aliphatic rings. The number of hydrogen-bond donors (Lipinski definition) is 3. The smallest absolute Gasteiger partial charge is 0.112 e. The van der Waals surface area contributed by atoms with Gasteiger partial charge in [0.25, 0.3) is 0 Å². The Balaban J connectivity index is 1.52. The molecule has 3 N–H and O–H groups in total. The normalized spacial score (nSPS) is 37.0. The summed E-state index contributed by atoms with van der Waals surface area (Å²) in [5.41, 5.74) is 1.99. The van der Waals surface area contributed by atoms with Crippen LogP contribution in [0.15, 0.2) is 30.6 Å². The van der Waals surface area contributed by atoms with E-state index in [2.05, 4.69) is 33.6 Å². The zero-order valence-corrected chi connectivity index (χ0v) is 12.4. The Morgan fingerprint density at radius 3 is 2.24 bits per heavy atom. The largest absolute Gasteiger partial charge is 0.348 e. The second-order valence-corrected chi connectivity index (χ2v) is 7.67. The van der Waals surface area contributed by atoms with Gasteiger partial charge >= 0.3 is 0 Å². The number of aromatic amines is 2. The molecule has 21 heavy (non-hydrogen) atoms. The molecule has 0 radical (unpaired) electrons. The maximum Gasteiger partial charge on any atom is 0.112 e. The van der Waals surface area contributed by atoms with Gasteiger partial charge in [-0.15, -0.1) is 0 Å². The van der Waals surface area contributed by atoms with E-state index in [1.165, 1.54) is 49.9 Å². The highest BCUT2D eigenvalue weighted by molar-refractivity contribution is 5.59. The van der Waals surface area contributed by atoms with Gasteiger partial charge in [-0.2, -0.15) is 0 Å². The van der Waals surface area contributed by atoms with Crippen LogP contribution in [0.2, 0.25) is 0 Å². The number of aromatic nitrogens is 2. The van der Waals surface area contributed by atoms with Crippen LogP contribution in [0.5, 0.6) is 0 Å². The van der Waals surface area contributed by atoms with E-state index < -0.39 is 0 Å². The van der Waals surface area contributed by atoms with Crippen molar-refractivity contribution in [2.24, 2.45) is 17.8 Å². The van der Waals surface area contributed by atoms with Gasteiger partial charge < -0.3 is 15.3 Å². The Morgan fingerprint density at radius 1 is 0.905 bits per heavy atom. The highest BCUT2D eigenvalue weighted by Gasteiger charge is 2.52. The van der Waals surface area contributed by atoms with Crippen molar-refractivity contribution in [1.29, 1.82) is 0 Å². The van der Waals surface area contributed by atoms with E-state index in [4.69, 9.17) is 0 Å². The molecule has 2 aromatic rings. The van der Waals surface area contributed by atoms with Gasteiger partial charge in [0, 0.05) is 18.0 Å². The second-order valence-electron chi connectivity index (χ2n) is 7.67. The molecular formula is C18H23N3. The molecule has 4 saturated carbocycles. The van der Waals surface area contributed by atoms with Crippen molar-refractivity contribution in [2.75, 3.05) is 5.32 Å². The molecule has 4 fully saturated rings. The number of H-pyrrole nitrogens is 2. The lowest BCUT2D eigenvalue weighted by Crippen LogP contribution is -2.48. The first-order valence-electron chi connectivity index (χ1n) is 8.39. The predicted octanol–water partition coefficient (Wildman–Crippen LogP) is 4.55. The van der Waals surface area contributed by atoms with E-state index in [9.17, 15) is 0 Å². The summed E-state index contributed by atoms with van der Waals surface area (Å²) in [7, 11) is 0. The van der Waals surface area contributed by atoms with Gasteiger partial charge in [0.05, 0.1) is 0 Å². The van der Waals surface area contributed by atoms with Gasteiger partial charge in [-0.1, -0.05) is 0 Å². The average molecular weight is 281 g/mol. The maximum atomic E-state index is 3.55. The summed E-state index contributed by atoms with van der Waals surface area (Å²) >= 11 is 0. The van der Waals surface area contributed by atoms with E-state index >= 15 is 0 Å². The summed E-state index contributed by atoms with van der Waals surface area (Å²) in [6.07, 6.45) is 12.8. The molecule has 4 aliphatic carbocycles. The number of nitrogens with one attached hydrogen (secondary N) is 3. The fourth-order valence-corrected chi connectivity index (χ4v) is 5.90. The zero-order chi connectivity index (χ0) is 13.9. The zero-order valence-electron chi connectivity index (χ0n) is 12.4. The van der Waals surface area contributed by atoms with Crippen LogP contribution < -0.4 is 5.32 Å². The van der Waals surface area contributed by atoms with Gasteiger partial charge in [0.2, 0.25) is 0 Å². The fraction of sp³-hybridized carbons (Fsp3) is 0.556. The average Bonchev–Trinajstić information content (AvgIpc) is 3.09. The number of hydrogen-bond acceptors (Lipinski definition) is 1. The molecule has 0 spiro atoms. The Morgan fingerprint density at radius 2 is 1.62 bits per heavy atom. The van der Waals surface area contributed by atoms with Crippen molar-refractivity contribution in [2.45, 2.75) is 43.9 Å². The molecular weight excluding hydrogens is 258 g/mol. The summed E-state index contributed by atoms with van der Waals surface area (Å²) in [6.45, 7) is 0. The van der Waals surface area contributed by atoms with Gasteiger partial charge in [-0.25, -0.2) is 0 Å². The SMILES string of the molecule is c1c[nH]c(Nc2[nH]ccc2C23CC4CC(CC(C4)C2)C3)c1. The Bertz CT molecular complexity index is 602. The monoisotopic (exact) mass is 281 g/mol. The number of rotatable bonds is 3. The minimum atomic E-state index is 0.448. The first-order chi connectivity index (χ1) is 10.3. The Labute approximate surface area is 125 Å². The van der Waals surface area contributed by atoms with Crippen LogP contribution in [0.25, 0.3) is 0 Å². The molecule has 0 unspecified atom stereocenters. The van der Waals surface area contributed by atoms with Crippen LogP contribution in [-0.4, -0.2) is 9.97 Å². The summed E-state index contributed by atoms with van der Waals surface area (Å²) in [5.74, 6) is 5.25. The van der Waals surface area contributed by atoms with Crippen LogP contribution in [0.4, 0.5) is 11.6 Å². The fourth-order valence-electron chi connectivity index (χ4n) is 5.90. The van der Waals surface area contributed by atoms with Gasteiger partial charge in [-0.05, 0) is 79.9 Å². The molecule has 3 nitrogen and oxygen atoms in total. The van der Waals surface area contributed by atoms with Crippen molar-refractivity contribution in [1.82, 2.24) is 9.97 Å². The molecule has 0 aromatic carbocycles. The quantitative estimate of drug-likeness (QED) is 0.759. The van der Waals surface area contributed by atoms with Crippen LogP contribution in [0, 0.1) is 17.8 Å². The molecule has 3 heteroatoms. The molecule has 0 aliphatic heterocycles. The molecule has 6 rings (SSSR count). The lowest BCUT2D eigenvalue weighted by atomic mass is 9.48. The third-order valence-corrected chi connectivity index (χ3v) is 6.21. The lowest BCUT2D eigenvalue weighted by molar-refractivity contribution is -0.00478. The van der Waals surface area contributed by atoms with E-state index in [0.29, 0.717) is 5.41 Å². The van der Waals surface area contributed by atoms with Crippen molar-refractivity contribution < 1.29 is 0 Å². The van der Waals surface area contributed by atoms with Crippen molar-refractivity contribution >= 4 is 11.6 Å². The second kappa shape index (κ2) is 4.19. The third-order valence-electron chi connectivity index (χ3n) is 6.21. The van der Waals surface area contributed by atoms with Crippen molar-refractivity contribution in [3.63, 3.8) is 0 Å². The topological polar surface area (TPSA) is 43.6 Å². The van der Waals surface area contributed by atoms with Crippen molar-refractivity contribution in [3.8, 4) is 0 Å². The van der Waals surface area contributed by atoms with E-state index in [1.807, 2.05) is 12.3 Å².